The average Bonchev–Trinajstić information content (AvgIpc) is 2.22. The summed E-state index contributed by atoms with van der Waals surface area (Å²) in [5, 5.41) is 3.35. The molecule has 0 spiro atoms. The summed E-state index contributed by atoms with van der Waals surface area (Å²) in [5.74, 6) is -0.158. The van der Waals surface area contributed by atoms with Gasteiger partial charge >= 0.3 is 5.97 Å². The van der Waals surface area contributed by atoms with Crippen LogP contribution in [0, 0.1) is 0 Å². The molecule has 0 rings (SSSR count). The molecule has 0 aliphatic rings. The van der Waals surface area contributed by atoms with Crippen LogP contribution in [0.1, 0.15) is 41.0 Å². The zero-order chi connectivity index (χ0) is 13.4. The van der Waals surface area contributed by atoms with Gasteiger partial charge in [-0.05, 0) is 34.6 Å². The van der Waals surface area contributed by atoms with Crippen LogP contribution in [0.3, 0.4) is 0 Å². The van der Waals surface area contributed by atoms with Crippen LogP contribution in [0.5, 0.6) is 0 Å². The van der Waals surface area contributed by atoms with Gasteiger partial charge in [-0.15, -0.1) is 0 Å². The predicted octanol–water partition coefficient (Wildman–Crippen LogP) is 1.65. The quantitative estimate of drug-likeness (QED) is 0.659. The van der Waals surface area contributed by atoms with E-state index < -0.39 is 0 Å². The summed E-state index contributed by atoms with van der Waals surface area (Å²) in [6.07, 6.45) is 0.430. The highest BCUT2D eigenvalue weighted by molar-refractivity contribution is 5.69. The van der Waals surface area contributed by atoms with Gasteiger partial charge < -0.3 is 10.1 Å². The van der Waals surface area contributed by atoms with Gasteiger partial charge in [0, 0.05) is 31.2 Å². The molecule has 4 nitrogen and oxygen atoms in total. The molecule has 0 aliphatic heterocycles. The lowest BCUT2D eigenvalue weighted by Crippen LogP contribution is -2.43. The van der Waals surface area contributed by atoms with Crippen molar-refractivity contribution in [1.82, 2.24) is 10.2 Å². The first-order valence-electron chi connectivity index (χ1n) is 6.44. The summed E-state index contributed by atoms with van der Waals surface area (Å²) in [5.41, 5.74) is 0. The molecule has 0 aromatic carbocycles. The Morgan fingerprint density at radius 3 is 2.12 bits per heavy atom. The fraction of sp³-hybridized carbons (Fsp3) is 0.923. The van der Waals surface area contributed by atoms with E-state index in [1.54, 1.807) is 0 Å². The van der Waals surface area contributed by atoms with E-state index in [4.69, 9.17) is 0 Å². The third-order valence-corrected chi connectivity index (χ3v) is 2.89. The third kappa shape index (κ3) is 7.34. The maximum Gasteiger partial charge on any atom is 0.307 e. The van der Waals surface area contributed by atoms with Gasteiger partial charge in [-0.1, -0.05) is 0 Å². The van der Waals surface area contributed by atoms with Crippen LogP contribution in [0.4, 0.5) is 0 Å². The Morgan fingerprint density at radius 2 is 1.71 bits per heavy atom. The standard InChI is InChI=1S/C13H28N2O2/c1-10(2)15(11(3)4)8-7-14-12(5)9-13(16)17-6/h10-12,14H,7-9H2,1-6H3. The van der Waals surface area contributed by atoms with Crippen molar-refractivity contribution < 1.29 is 9.53 Å². The van der Waals surface area contributed by atoms with E-state index >= 15 is 0 Å². The van der Waals surface area contributed by atoms with Crippen LogP contribution >= 0.6 is 0 Å². The van der Waals surface area contributed by atoms with Gasteiger partial charge in [-0.3, -0.25) is 9.69 Å². The number of methoxy groups -OCH3 is 1. The highest BCUT2D eigenvalue weighted by Crippen LogP contribution is 2.03. The molecule has 0 saturated carbocycles. The molecule has 4 heteroatoms. The first kappa shape index (κ1) is 16.4. The maximum atomic E-state index is 11.1. The highest BCUT2D eigenvalue weighted by Gasteiger charge is 2.13. The van der Waals surface area contributed by atoms with Crippen molar-refractivity contribution in [3.8, 4) is 0 Å². The third-order valence-electron chi connectivity index (χ3n) is 2.89. The van der Waals surface area contributed by atoms with E-state index in [0.717, 1.165) is 13.1 Å². The predicted molar refractivity (Wildman–Crippen MR) is 71.1 cm³/mol. The van der Waals surface area contributed by atoms with Crippen LogP contribution in [-0.4, -0.2) is 49.2 Å². The van der Waals surface area contributed by atoms with Gasteiger partial charge in [0.05, 0.1) is 13.5 Å². The number of nitrogens with zero attached hydrogens (tertiary/aromatic N) is 1. The Labute approximate surface area is 106 Å². The Bertz CT molecular complexity index is 209. The van der Waals surface area contributed by atoms with Crippen LogP contribution in [-0.2, 0) is 9.53 Å². The van der Waals surface area contributed by atoms with Crippen molar-refractivity contribution in [3.63, 3.8) is 0 Å². The number of hydrogen-bond donors (Lipinski definition) is 1. The lowest BCUT2D eigenvalue weighted by atomic mass is 10.2. The fourth-order valence-corrected chi connectivity index (χ4v) is 1.96. The molecule has 1 unspecified atom stereocenters. The Hall–Kier alpha value is -0.610. The fourth-order valence-electron chi connectivity index (χ4n) is 1.96. The van der Waals surface area contributed by atoms with E-state index in [-0.39, 0.29) is 12.0 Å². The molecule has 0 bridgehead atoms. The van der Waals surface area contributed by atoms with Crippen molar-refractivity contribution in [2.75, 3.05) is 20.2 Å². The Kier molecular flexibility index (Phi) is 8.17. The normalized spacial score (nSPS) is 13.5. The van der Waals surface area contributed by atoms with Crippen LogP contribution < -0.4 is 5.32 Å². The summed E-state index contributed by atoms with van der Waals surface area (Å²) in [4.78, 5) is 13.5. The number of carbonyl (C=O) groups excluding carboxylic acids is 1. The largest absolute Gasteiger partial charge is 0.469 e. The monoisotopic (exact) mass is 244 g/mol. The SMILES string of the molecule is COC(=O)CC(C)NCCN(C(C)C)C(C)C. The van der Waals surface area contributed by atoms with Crippen LogP contribution in [0.15, 0.2) is 0 Å². The highest BCUT2D eigenvalue weighted by atomic mass is 16.5. The molecule has 0 amide bonds. The average molecular weight is 244 g/mol. The topological polar surface area (TPSA) is 41.6 Å². The zero-order valence-electron chi connectivity index (χ0n) is 12.1. The van der Waals surface area contributed by atoms with Crippen molar-refractivity contribution in [2.24, 2.45) is 0 Å². The molecule has 102 valence electrons. The summed E-state index contributed by atoms with van der Waals surface area (Å²) in [6, 6.07) is 1.27. The number of nitrogens with one attached hydrogen (secondary N) is 1. The molecule has 0 aromatic heterocycles. The van der Waals surface area contributed by atoms with Gasteiger partial charge in [-0.2, -0.15) is 0 Å². The van der Waals surface area contributed by atoms with E-state index in [0.29, 0.717) is 18.5 Å². The van der Waals surface area contributed by atoms with Crippen molar-refractivity contribution >= 4 is 5.97 Å². The second-order valence-corrected chi connectivity index (χ2v) is 5.06. The summed E-state index contributed by atoms with van der Waals surface area (Å²) in [7, 11) is 1.42. The second-order valence-electron chi connectivity index (χ2n) is 5.06. The summed E-state index contributed by atoms with van der Waals surface area (Å²) >= 11 is 0. The minimum absolute atomic E-state index is 0.158. The molecule has 0 heterocycles. The molecule has 17 heavy (non-hydrogen) atoms. The van der Waals surface area contributed by atoms with Gasteiger partial charge in [0.1, 0.15) is 0 Å². The first-order valence-corrected chi connectivity index (χ1v) is 6.44. The molecular formula is C13H28N2O2. The molecule has 0 fully saturated rings. The molecule has 0 aromatic rings. The number of rotatable bonds is 8. The van der Waals surface area contributed by atoms with E-state index in [2.05, 4.69) is 42.6 Å². The summed E-state index contributed by atoms with van der Waals surface area (Å²) in [6.45, 7) is 12.7. The zero-order valence-corrected chi connectivity index (χ0v) is 12.1. The van der Waals surface area contributed by atoms with Crippen molar-refractivity contribution in [2.45, 2.75) is 59.2 Å². The van der Waals surface area contributed by atoms with E-state index in [1.807, 2.05) is 6.92 Å². The second kappa shape index (κ2) is 8.48. The number of carbonyl (C=O) groups is 1. The number of ether oxygens (including phenoxy) is 1. The lowest BCUT2D eigenvalue weighted by molar-refractivity contribution is -0.141. The lowest BCUT2D eigenvalue weighted by Gasteiger charge is -2.31. The molecule has 1 atom stereocenters. The smallest absolute Gasteiger partial charge is 0.307 e. The minimum Gasteiger partial charge on any atom is -0.469 e. The van der Waals surface area contributed by atoms with E-state index in [9.17, 15) is 4.79 Å². The van der Waals surface area contributed by atoms with Gasteiger partial charge in [0.15, 0.2) is 0 Å². The first-order chi connectivity index (χ1) is 7.88. The Morgan fingerprint density at radius 1 is 1.18 bits per heavy atom. The number of hydrogen-bond acceptors (Lipinski definition) is 4. The molecule has 0 saturated heterocycles. The molecule has 0 radical (unpaired) electrons. The van der Waals surface area contributed by atoms with Gasteiger partial charge in [-0.25, -0.2) is 0 Å². The van der Waals surface area contributed by atoms with Crippen molar-refractivity contribution in [1.29, 1.82) is 0 Å². The van der Waals surface area contributed by atoms with Crippen molar-refractivity contribution in [3.05, 3.63) is 0 Å². The number of esters is 1. The molecule has 0 aliphatic carbocycles. The Balaban J connectivity index is 3.84. The van der Waals surface area contributed by atoms with Gasteiger partial charge in [0.2, 0.25) is 0 Å². The van der Waals surface area contributed by atoms with E-state index in [1.165, 1.54) is 7.11 Å². The maximum absolute atomic E-state index is 11.1. The molecule has 1 N–H and O–H groups in total. The minimum atomic E-state index is -0.158. The molecular weight excluding hydrogens is 216 g/mol. The van der Waals surface area contributed by atoms with Crippen LogP contribution in [0.2, 0.25) is 0 Å². The van der Waals surface area contributed by atoms with Gasteiger partial charge in [0.25, 0.3) is 0 Å². The van der Waals surface area contributed by atoms with Crippen LogP contribution in [0.25, 0.3) is 0 Å². The summed E-state index contributed by atoms with van der Waals surface area (Å²) < 4.78 is 4.64.